The summed E-state index contributed by atoms with van der Waals surface area (Å²) in [7, 11) is 1.67. The summed E-state index contributed by atoms with van der Waals surface area (Å²) in [6.07, 6.45) is 0. The minimum Gasteiger partial charge on any atom is -0.495 e. The first-order chi connectivity index (χ1) is 14.0. The summed E-state index contributed by atoms with van der Waals surface area (Å²) in [6, 6.07) is 12.7. The van der Waals surface area contributed by atoms with E-state index in [0.717, 1.165) is 24.5 Å². The van der Waals surface area contributed by atoms with Crippen LogP contribution in [0.4, 0.5) is 16.2 Å². The summed E-state index contributed by atoms with van der Waals surface area (Å²) >= 11 is 0. The van der Waals surface area contributed by atoms with Gasteiger partial charge in [-0.05, 0) is 55.8 Å². The van der Waals surface area contributed by atoms with Crippen LogP contribution in [0.5, 0.6) is 5.75 Å². The quantitative estimate of drug-likeness (QED) is 0.782. The smallest absolute Gasteiger partial charge is 0.338 e. The molecule has 0 unspecified atom stereocenters. The Morgan fingerprint density at radius 1 is 1.03 bits per heavy atom. The summed E-state index contributed by atoms with van der Waals surface area (Å²) in [5.41, 5.74) is 3.34. The highest BCUT2D eigenvalue weighted by Gasteiger charge is 2.23. The number of methoxy groups -OCH3 is 1. The molecule has 1 aliphatic rings. The number of rotatable bonds is 5. The van der Waals surface area contributed by atoms with E-state index in [2.05, 4.69) is 23.2 Å². The summed E-state index contributed by atoms with van der Waals surface area (Å²) < 4.78 is 10.4. The predicted molar refractivity (Wildman–Crippen MR) is 113 cm³/mol. The molecule has 1 aliphatic heterocycles. The van der Waals surface area contributed by atoms with Gasteiger partial charge in [-0.2, -0.15) is 0 Å². The lowest BCUT2D eigenvalue weighted by atomic mass is 10.1. The van der Waals surface area contributed by atoms with Crippen molar-refractivity contribution in [2.75, 3.05) is 50.1 Å². The van der Waals surface area contributed by atoms with Gasteiger partial charge in [0.15, 0.2) is 0 Å². The van der Waals surface area contributed by atoms with Crippen LogP contribution in [0.25, 0.3) is 0 Å². The molecule has 0 radical (unpaired) electrons. The van der Waals surface area contributed by atoms with E-state index < -0.39 is 0 Å². The number of nitrogens with one attached hydrogen (secondary N) is 1. The molecule has 0 spiro atoms. The Balaban J connectivity index is 1.56. The summed E-state index contributed by atoms with van der Waals surface area (Å²) in [5, 5.41) is 2.89. The Bertz CT molecular complexity index is 859. The molecular formula is C22H27N3O4. The highest BCUT2D eigenvalue weighted by molar-refractivity contribution is 5.92. The van der Waals surface area contributed by atoms with Crippen molar-refractivity contribution in [3.63, 3.8) is 0 Å². The fourth-order valence-electron chi connectivity index (χ4n) is 3.30. The number of benzene rings is 2. The van der Waals surface area contributed by atoms with Gasteiger partial charge < -0.3 is 24.6 Å². The first-order valence-corrected chi connectivity index (χ1v) is 9.74. The molecule has 0 aliphatic carbocycles. The average molecular weight is 397 g/mol. The molecule has 2 aromatic rings. The van der Waals surface area contributed by atoms with Crippen molar-refractivity contribution in [1.82, 2.24) is 4.90 Å². The molecule has 1 saturated heterocycles. The number of carbonyl (C=O) groups excluding carboxylic acids is 2. The maximum atomic E-state index is 12.6. The highest BCUT2D eigenvalue weighted by atomic mass is 16.5. The number of hydrogen-bond donors (Lipinski definition) is 1. The van der Waals surface area contributed by atoms with Crippen molar-refractivity contribution in [2.45, 2.75) is 13.8 Å². The van der Waals surface area contributed by atoms with E-state index in [1.807, 2.05) is 12.1 Å². The van der Waals surface area contributed by atoms with Crippen LogP contribution in [-0.2, 0) is 4.74 Å². The number of ether oxygens (including phenoxy) is 2. The molecule has 0 aromatic heterocycles. The molecule has 0 bridgehead atoms. The van der Waals surface area contributed by atoms with Gasteiger partial charge in [0.25, 0.3) is 0 Å². The average Bonchev–Trinajstić information content (AvgIpc) is 2.74. The van der Waals surface area contributed by atoms with Gasteiger partial charge in [-0.15, -0.1) is 0 Å². The Morgan fingerprint density at radius 3 is 2.34 bits per heavy atom. The van der Waals surface area contributed by atoms with Crippen LogP contribution in [-0.4, -0.2) is 56.8 Å². The minimum atomic E-state index is -0.368. The maximum Gasteiger partial charge on any atom is 0.338 e. The summed E-state index contributed by atoms with van der Waals surface area (Å²) in [6.45, 7) is 6.84. The maximum absolute atomic E-state index is 12.6. The van der Waals surface area contributed by atoms with Crippen LogP contribution >= 0.6 is 0 Å². The van der Waals surface area contributed by atoms with Gasteiger partial charge in [0.1, 0.15) is 5.75 Å². The lowest BCUT2D eigenvalue weighted by Gasteiger charge is -2.36. The van der Waals surface area contributed by atoms with E-state index in [4.69, 9.17) is 9.47 Å². The van der Waals surface area contributed by atoms with Crippen LogP contribution < -0.4 is 15.0 Å². The largest absolute Gasteiger partial charge is 0.495 e. The topological polar surface area (TPSA) is 71.1 Å². The zero-order valence-corrected chi connectivity index (χ0v) is 17.1. The molecular weight excluding hydrogens is 370 g/mol. The van der Waals surface area contributed by atoms with Gasteiger partial charge in [-0.25, -0.2) is 9.59 Å². The number of hydrogen-bond acceptors (Lipinski definition) is 5. The number of nitrogens with zero attached hydrogens (tertiary/aromatic N) is 2. The number of carbonyl (C=O) groups is 2. The molecule has 7 heteroatoms. The van der Waals surface area contributed by atoms with Gasteiger partial charge in [-0.3, -0.25) is 0 Å². The lowest BCUT2D eigenvalue weighted by molar-refractivity contribution is 0.0526. The number of anilines is 2. The second-order valence-electron chi connectivity index (χ2n) is 6.88. The fourth-order valence-corrected chi connectivity index (χ4v) is 3.30. The second-order valence-corrected chi connectivity index (χ2v) is 6.88. The molecule has 0 atom stereocenters. The molecule has 1 heterocycles. The zero-order chi connectivity index (χ0) is 20.8. The van der Waals surface area contributed by atoms with Gasteiger partial charge in [-0.1, -0.05) is 6.07 Å². The number of piperazine rings is 1. The van der Waals surface area contributed by atoms with Crippen LogP contribution in [0.2, 0.25) is 0 Å². The van der Waals surface area contributed by atoms with E-state index >= 15 is 0 Å². The van der Waals surface area contributed by atoms with Gasteiger partial charge in [0.2, 0.25) is 0 Å². The van der Waals surface area contributed by atoms with Crippen LogP contribution in [0.3, 0.4) is 0 Å². The van der Waals surface area contributed by atoms with Gasteiger partial charge >= 0.3 is 12.0 Å². The molecule has 2 amide bonds. The molecule has 1 fully saturated rings. The molecule has 154 valence electrons. The lowest BCUT2D eigenvalue weighted by Crippen LogP contribution is -2.50. The third kappa shape index (κ3) is 4.99. The van der Waals surface area contributed by atoms with E-state index in [1.54, 1.807) is 43.2 Å². The van der Waals surface area contributed by atoms with Gasteiger partial charge in [0.05, 0.1) is 25.0 Å². The normalized spacial score (nSPS) is 13.8. The number of urea groups is 1. The van der Waals surface area contributed by atoms with E-state index in [9.17, 15) is 9.59 Å². The van der Waals surface area contributed by atoms with E-state index in [-0.39, 0.29) is 12.0 Å². The molecule has 2 aromatic carbocycles. The SMILES string of the molecule is CCOC(=O)c1ccc(NC(=O)N2CCN(c3cc(C)ccc3OC)CC2)cc1. The minimum absolute atomic E-state index is 0.148. The Hall–Kier alpha value is -3.22. The number of amides is 2. The monoisotopic (exact) mass is 397 g/mol. The molecule has 1 N–H and O–H groups in total. The fraction of sp³-hybridized carbons (Fsp3) is 0.364. The molecule has 0 saturated carbocycles. The third-order valence-electron chi connectivity index (χ3n) is 4.89. The Morgan fingerprint density at radius 2 is 1.72 bits per heavy atom. The number of esters is 1. The second kappa shape index (κ2) is 9.32. The highest BCUT2D eigenvalue weighted by Crippen LogP contribution is 2.30. The molecule has 7 nitrogen and oxygen atoms in total. The predicted octanol–water partition coefficient (Wildman–Crippen LogP) is 3.53. The van der Waals surface area contributed by atoms with Crippen molar-refractivity contribution < 1.29 is 19.1 Å². The molecule has 29 heavy (non-hydrogen) atoms. The van der Waals surface area contributed by atoms with Crippen molar-refractivity contribution in [3.8, 4) is 5.75 Å². The standard InChI is InChI=1S/C22H27N3O4/c1-4-29-21(26)17-6-8-18(9-7-17)23-22(27)25-13-11-24(12-14-25)19-15-16(2)5-10-20(19)28-3/h5-10,15H,4,11-14H2,1-3H3,(H,23,27). The van der Waals surface area contributed by atoms with E-state index in [0.29, 0.717) is 30.9 Å². The first kappa shape index (κ1) is 20.5. The van der Waals surface area contributed by atoms with Crippen molar-refractivity contribution in [1.29, 1.82) is 0 Å². The summed E-state index contributed by atoms with van der Waals surface area (Å²) in [5.74, 6) is 0.475. The Kier molecular flexibility index (Phi) is 6.59. The van der Waals surface area contributed by atoms with E-state index in [1.165, 1.54) is 5.56 Å². The van der Waals surface area contributed by atoms with Crippen molar-refractivity contribution >= 4 is 23.4 Å². The van der Waals surface area contributed by atoms with Crippen molar-refractivity contribution in [3.05, 3.63) is 53.6 Å². The van der Waals surface area contributed by atoms with Crippen LogP contribution in [0.15, 0.2) is 42.5 Å². The zero-order valence-electron chi connectivity index (χ0n) is 17.1. The van der Waals surface area contributed by atoms with Crippen molar-refractivity contribution in [2.24, 2.45) is 0 Å². The summed E-state index contributed by atoms with van der Waals surface area (Å²) in [4.78, 5) is 28.3. The number of aryl methyl sites for hydroxylation is 1. The Labute approximate surface area is 171 Å². The third-order valence-corrected chi connectivity index (χ3v) is 4.89. The first-order valence-electron chi connectivity index (χ1n) is 9.74. The molecule has 3 rings (SSSR count). The van der Waals surface area contributed by atoms with Crippen LogP contribution in [0, 0.1) is 6.92 Å². The van der Waals surface area contributed by atoms with Crippen LogP contribution in [0.1, 0.15) is 22.8 Å². The van der Waals surface area contributed by atoms with Gasteiger partial charge in [0, 0.05) is 31.9 Å².